The first-order valence-corrected chi connectivity index (χ1v) is 10.8. The van der Waals surface area contributed by atoms with E-state index in [4.69, 9.17) is 0 Å². The van der Waals surface area contributed by atoms with Crippen LogP contribution in [0.2, 0.25) is 0 Å². The van der Waals surface area contributed by atoms with E-state index >= 15 is 0 Å². The molecule has 0 aliphatic rings. The van der Waals surface area contributed by atoms with Gasteiger partial charge in [-0.1, -0.05) is 28.1 Å². The molecule has 1 heterocycles. The first-order valence-electron chi connectivity index (χ1n) is 8.30. The van der Waals surface area contributed by atoms with Crippen molar-refractivity contribution in [3.05, 3.63) is 75.1 Å². The van der Waals surface area contributed by atoms with Crippen molar-refractivity contribution in [1.29, 1.82) is 0 Å². The highest BCUT2D eigenvalue weighted by Gasteiger charge is 2.17. The van der Waals surface area contributed by atoms with Crippen LogP contribution < -0.4 is 10.6 Å². The van der Waals surface area contributed by atoms with E-state index < -0.39 is 11.1 Å². The lowest BCUT2D eigenvalue weighted by molar-refractivity contribution is -0.115. The van der Waals surface area contributed by atoms with Gasteiger partial charge in [0.05, 0.1) is 15.8 Å². The van der Waals surface area contributed by atoms with Crippen molar-refractivity contribution in [2.45, 2.75) is 17.1 Å². The number of hydrogen-bond donors (Lipinski definition) is 2. The van der Waals surface area contributed by atoms with E-state index in [-0.39, 0.29) is 17.5 Å². The van der Waals surface area contributed by atoms with Crippen LogP contribution in [0.3, 0.4) is 0 Å². The van der Waals surface area contributed by atoms with E-state index in [1.54, 1.807) is 31.2 Å². The van der Waals surface area contributed by atoms with Crippen LogP contribution >= 0.6 is 39.0 Å². The number of nitrogens with one attached hydrogen (secondary N) is 2. The number of benzene rings is 2. The maximum Gasteiger partial charge on any atom is 0.265 e. The molecular weight excluding hydrogens is 463 g/mol. The zero-order valence-corrected chi connectivity index (χ0v) is 18.0. The Morgan fingerprint density at radius 2 is 1.93 bits per heavy atom. The Morgan fingerprint density at radius 3 is 2.64 bits per heavy atom. The highest BCUT2D eigenvalue weighted by molar-refractivity contribution is 9.10. The fraction of sp³-hybridized carbons (Fsp3) is 0.100. The fourth-order valence-corrected chi connectivity index (χ4v) is 4.21. The molecule has 1 aromatic heterocycles. The molecule has 2 amide bonds. The van der Waals surface area contributed by atoms with Gasteiger partial charge in [-0.3, -0.25) is 9.59 Å². The molecule has 144 valence electrons. The van der Waals surface area contributed by atoms with Crippen molar-refractivity contribution in [1.82, 2.24) is 0 Å². The van der Waals surface area contributed by atoms with Gasteiger partial charge in [-0.15, -0.1) is 23.1 Å². The molecule has 0 fully saturated rings. The summed E-state index contributed by atoms with van der Waals surface area (Å²) in [6, 6.07) is 15.3. The molecular formula is C20H16BrFN2O2S2. The number of thioether (sulfide) groups is 1. The van der Waals surface area contributed by atoms with Gasteiger partial charge < -0.3 is 10.6 Å². The number of thiophene rings is 1. The van der Waals surface area contributed by atoms with Gasteiger partial charge in [0, 0.05) is 15.1 Å². The lowest BCUT2D eigenvalue weighted by Gasteiger charge is -2.13. The smallest absolute Gasteiger partial charge is 0.265 e. The number of hydrogen-bond acceptors (Lipinski definition) is 4. The van der Waals surface area contributed by atoms with Gasteiger partial charge in [-0.2, -0.15) is 0 Å². The van der Waals surface area contributed by atoms with Gasteiger partial charge in [-0.25, -0.2) is 4.39 Å². The van der Waals surface area contributed by atoms with E-state index in [0.29, 0.717) is 15.0 Å². The Bertz CT molecular complexity index is 996. The molecule has 0 bridgehead atoms. The lowest BCUT2D eigenvalue weighted by Crippen LogP contribution is -2.23. The highest BCUT2D eigenvalue weighted by atomic mass is 79.9. The Labute approximate surface area is 178 Å². The van der Waals surface area contributed by atoms with Crippen LogP contribution in [0.15, 0.2) is 69.3 Å². The molecule has 0 spiro atoms. The molecule has 3 rings (SSSR count). The summed E-state index contributed by atoms with van der Waals surface area (Å²) >= 11 is 5.88. The SMILES string of the molecule is CC(Sc1cccc(NC(=O)c2cccs2)c1)C(=O)Nc1ccc(Br)cc1F. The molecule has 4 nitrogen and oxygen atoms in total. The summed E-state index contributed by atoms with van der Waals surface area (Å²) < 4.78 is 14.5. The van der Waals surface area contributed by atoms with Crippen LogP contribution in [0.1, 0.15) is 16.6 Å². The molecule has 28 heavy (non-hydrogen) atoms. The number of carbonyl (C=O) groups excluding carboxylic acids is 2. The third kappa shape index (κ3) is 5.43. The van der Waals surface area contributed by atoms with Gasteiger partial charge in [0.15, 0.2) is 0 Å². The molecule has 2 aromatic carbocycles. The largest absolute Gasteiger partial charge is 0.323 e. The molecule has 1 unspecified atom stereocenters. The van der Waals surface area contributed by atoms with Gasteiger partial charge in [0.2, 0.25) is 5.91 Å². The van der Waals surface area contributed by atoms with E-state index in [1.807, 2.05) is 23.6 Å². The first kappa shape index (κ1) is 20.6. The van der Waals surface area contributed by atoms with Crippen LogP contribution in [0, 0.1) is 5.82 Å². The van der Waals surface area contributed by atoms with Gasteiger partial charge in [-0.05, 0) is 54.8 Å². The van der Waals surface area contributed by atoms with Gasteiger partial charge >= 0.3 is 0 Å². The third-order valence-corrected chi connectivity index (χ3v) is 6.16. The molecule has 8 heteroatoms. The van der Waals surface area contributed by atoms with Gasteiger partial charge in [0.1, 0.15) is 5.82 Å². The molecule has 0 radical (unpaired) electrons. The summed E-state index contributed by atoms with van der Waals surface area (Å²) in [5, 5.41) is 6.83. The minimum absolute atomic E-state index is 0.137. The second-order valence-corrected chi connectivity index (χ2v) is 9.11. The van der Waals surface area contributed by atoms with Crippen LogP contribution in [-0.2, 0) is 4.79 Å². The molecule has 1 atom stereocenters. The number of carbonyl (C=O) groups is 2. The van der Waals surface area contributed by atoms with Crippen molar-refractivity contribution in [3.8, 4) is 0 Å². The van der Waals surface area contributed by atoms with Gasteiger partial charge in [0.25, 0.3) is 5.91 Å². The second kappa shape index (κ2) is 9.36. The summed E-state index contributed by atoms with van der Waals surface area (Å²) in [6.45, 7) is 1.74. The average molecular weight is 479 g/mol. The topological polar surface area (TPSA) is 58.2 Å². The first-order chi connectivity index (χ1) is 13.4. The summed E-state index contributed by atoms with van der Waals surface area (Å²) in [5.41, 5.74) is 0.785. The number of halogens is 2. The lowest BCUT2D eigenvalue weighted by atomic mass is 10.3. The Balaban J connectivity index is 1.62. The molecule has 0 saturated carbocycles. The summed E-state index contributed by atoms with van der Waals surface area (Å²) in [7, 11) is 0. The van der Waals surface area contributed by atoms with E-state index in [1.165, 1.54) is 35.2 Å². The maximum atomic E-state index is 13.9. The maximum absolute atomic E-state index is 13.9. The van der Waals surface area contributed by atoms with Crippen molar-refractivity contribution in [2.24, 2.45) is 0 Å². The average Bonchev–Trinajstić information content (AvgIpc) is 3.19. The Morgan fingerprint density at radius 1 is 1.11 bits per heavy atom. The zero-order valence-electron chi connectivity index (χ0n) is 14.7. The molecule has 3 aromatic rings. The summed E-state index contributed by atoms with van der Waals surface area (Å²) in [6.07, 6.45) is 0. The molecule has 0 aliphatic heterocycles. The van der Waals surface area contributed by atoms with Crippen LogP contribution in [0.5, 0.6) is 0 Å². The van der Waals surface area contributed by atoms with Crippen LogP contribution in [-0.4, -0.2) is 17.1 Å². The number of rotatable bonds is 6. The zero-order chi connectivity index (χ0) is 20.1. The number of amides is 2. The number of anilines is 2. The second-order valence-electron chi connectivity index (χ2n) is 5.83. The molecule has 0 saturated heterocycles. The van der Waals surface area contributed by atoms with Crippen molar-refractivity contribution in [2.75, 3.05) is 10.6 Å². The van der Waals surface area contributed by atoms with Crippen LogP contribution in [0.25, 0.3) is 0 Å². The quantitative estimate of drug-likeness (QED) is 0.425. The summed E-state index contributed by atoms with van der Waals surface area (Å²) in [5.74, 6) is -0.980. The molecule has 2 N–H and O–H groups in total. The Kier molecular flexibility index (Phi) is 6.88. The predicted molar refractivity (Wildman–Crippen MR) is 117 cm³/mol. The highest BCUT2D eigenvalue weighted by Crippen LogP contribution is 2.28. The molecule has 0 aliphatic carbocycles. The monoisotopic (exact) mass is 478 g/mol. The summed E-state index contributed by atoms with van der Waals surface area (Å²) in [4.78, 5) is 26.0. The normalized spacial score (nSPS) is 11.7. The Hall–Kier alpha value is -2.16. The van der Waals surface area contributed by atoms with Crippen molar-refractivity contribution < 1.29 is 14.0 Å². The van der Waals surface area contributed by atoms with Crippen molar-refractivity contribution in [3.63, 3.8) is 0 Å². The van der Waals surface area contributed by atoms with Crippen molar-refractivity contribution >= 4 is 62.2 Å². The van der Waals surface area contributed by atoms with E-state index in [9.17, 15) is 14.0 Å². The minimum atomic E-state index is -0.502. The minimum Gasteiger partial charge on any atom is -0.323 e. The standard InChI is InChI=1S/C20H16BrFN2O2S2/c1-12(19(25)24-17-8-7-13(21)10-16(17)22)28-15-5-2-4-14(11-15)23-20(26)18-6-3-9-27-18/h2-12H,1H3,(H,23,26)(H,24,25). The fourth-order valence-electron chi connectivity index (χ4n) is 2.33. The van der Waals surface area contributed by atoms with E-state index in [2.05, 4.69) is 26.6 Å². The predicted octanol–water partition coefficient (Wildman–Crippen LogP) is 6.02. The van der Waals surface area contributed by atoms with Crippen LogP contribution in [0.4, 0.5) is 15.8 Å². The third-order valence-electron chi connectivity index (χ3n) is 3.71. The van der Waals surface area contributed by atoms with E-state index in [0.717, 1.165) is 4.90 Å².